The Morgan fingerprint density at radius 1 is 1.43 bits per heavy atom. The number of aromatic nitrogens is 2. The number of carbonyl (C=O) groups is 1. The van der Waals surface area contributed by atoms with Crippen molar-refractivity contribution < 1.29 is 14.1 Å². The van der Waals surface area contributed by atoms with Crippen LogP contribution in [-0.2, 0) is 7.05 Å². The normalized spacial score (nSPS) is 10.5. The van der Waals surface area contributed by atoms with Crippen molar-refractivity contribution in [2.75, 3.05) is 5.32 Å². The van der Waals surface area contributed by atoms with E-state index in [1.54, 1.807) is 25.6 Å². The number of rotatable bonds is 3. The van der Waals surface area contributed by atoms with E-state index in [2.05, 4.69) is 10.4 Å². The SMILES string of the molecule is Cc1nn(C)c(C)c1NC(=O)c1ccc(F)c([N+](=O)[O-])c1. The molecule has 8 heteroatoms. The van der Waals surface area contributed by atoms with Gasteiger partial charge in [-0.05, 0) is 26.0 Å². The molecule has 0 bridgehead atoms. The monoisotopic (exact) mass is 292 g/mol. The quantitative estimate of drug-likeness (QED) is 0.694. The van der Waals surface area contributed by atoms with Gasteiger partial charge in [0.15, 0.2) is 0 Å². The summed E-state index contributed by atoms with van der Waals surface area (Å²) in [6.45, 7) is 3.51. The average molecular weight is 292 g/mol. The van der Waals surface area contributed by atoms with Crippen LogP contribution in [0.2, 0.25) is 0 Å². The second-order valence-corrected chi connectivity index (χ2v) is 4.55. The maximum Gasteiger partial charge on any atom is 0.305 e. The molecule has 1 aromatic heterocycles. The molecular formula is C13H13FN4O3. The largest absolute Gasteiger partial charge is 0.319 e. The van der Waals surface area contributed by atoms with Gasteiger partial charge in [0, 0.05) is 18.7 Å². The number of carbonyl (C=O) groups excluding carboxylic acids is 1. The molecule has 0 atom stereocenters. The Kier molecular flexibility index (Phi) is 3.70. The van der Waals surface area contributed by atoms with Gasteiger partial charge in [-0.1, -0.05) is 0 Å². The maximum atomic E-state index is 13.3. The fourth-order valence-corrected chi connectivity index (χ4v) is 1.93. The van der Waals surface area contributed by atoms with Crippen molar-refractivity contribution >= 4 is 17.3 Å². The first-order valence-electron chi connectivity index (χ1n) is 6.06. The van der Waals surface area contributed by atoms with Crippen LogP contribution in [0.5, 0.6) is 0 Å². The van der Waals surface area contributed by atoms with Gasteiger partial charge in [-0.15, -0.1) is 0 Å². The van der Waals surface area contributed by atoms with Crippen molar-refractivity contribution in [3.63, 3.8) is 0 Å². The van der Waals surface area contributed by atoms with Crippen LogP contribution in [0.15, 0.2) is 18.2 Å². The number of hydrogen-bond acceptors (Lipinski definition) is 4. The summed E-state index contributed by atoms with van der Waals surface area (Å²) in [5.74, 6) is -1.54. The second-order valence-electron chi connectivity index (χ2n) is 4.55. The first kappa shape index (κ1) is 14.6. The molecule has 2 rings (SSSR count). The van der Waals surface area contributed by atoms with Gasteiger partial charge in [-0.3, -0.25) is 19.6 Å². The zero-order chi connectivity index (χ0) is 15.7. The molecule has 0 fully saturated rings. The van der Waals surface area contributed by atoms with Gasteiger partial charge < -0.3 is 5.32 Å². The van der Waals surface area contributed by atoms with Crippen LogP contribution in [0.25, 0.3) is 0 Å². The Morgan fingerprint density at radius 2 is 2.10 bits per heavy atom. The number of anilines is 1. The van der Waals surface area contributed by atoms with Gasteiger partial charge in [0.1, 0.15) is 0 Å². The molecule has 0 aliphatic rings. The lowest BCUT2D eigenvalue weighted by molar-refractivity contribution is -0.387. The molecule has 1 aromatic carbocycles. The van der Waals surface area contributed by atoms with Gasteiger partial charge in [-0.2, -0.15) is 9.49 Å². The Morgan fingerprint density at radius 3 is 2.62 bits per heavy atom. The van der Waals surface area contributed by atoms with E-state index in [0.29, 0.717) is 11.4 Å². The van der Waals surface area contributed by atoms with Gasteiger partial charge in [0.05, 0.1) is 22.0 Å². The molecule has 2 aromatic rings. The van der Waals surface area contributed by atoms with Crippen molar-refractivity contribution in [2.24, 2.45) is 7.05 Å². The highest BCUT2D eigenvalue weighted by molar-refractivity contribution is 6.05. The second kappa shape index (κ2) is 5.31. The first-order valence-corrected chi connectivity index (χ1v) is 6.06. The van der Waals surface area contributed by atoms with Gasteiger partial charge in [0.25, 0.3) is 5.91 Å². The summed E-state index contributed by atoms with van der Waals surface area (Å²) < 4.78 is 14.9. The van der Waals surface area contributed by atoms with Crippen LogP contribution >= 0.6 is 0 Å². The predicted octanol–water partition coefficient (Wildman–Crippen LogP) is 2.34. The topological polar surface area (TPSA) is 90.1 Å². The van der Waals surface area contributed by atoms with Crippen molar-refractivity contribution in [3.8, 4) is 0 Å². The molecule has 1 heterocycles. The van der Waals surface area contributed by atoms with E-state index in [1.807, 2.05) is 0 Å². The molecule has 0 aliphatic carbocycles. The van der Waals surface area contributed by atoms with E-state index in [0.717, 1.165) is 17.8 Å². The smallest absolute Gasteiger partial charge is 0.305 e. The third-order valence-corrected chi connectivity index (χ3v) is 3.15. The molecule has 0 radical (unpaired) electrons. The fourth-order valence-electron chi connectivity index (χ4n) is 1.93. The number of halogens is 1. The number of nitrogens with one attached hydrogen (secondary N) is 1. The molecule has 0 saturated heterocycles. The van der Waals surface area contributed by atoms with Crippen LogP contribution in [-0.4, -0.2) is 20.6 Å². The minimum Gasteiger partial charge on any atom is -0.319 e. The highest BCUT2D eigenvalue weighted by Gasteiger charge is 2.19. The molecule has 0 spiro atoms. The van der Waals surface area contributed by atoms with E-state index >= 15 is 0 Å². The number of hydrogen-bond donors (Lipinski definition) is 1. The van der Waals surface area contributed by atoms with Crippen molar-refractivity contribution in [3.05, 3.63) is 51.1 Å². The molecule has 1 N–H and O–H groups in total. The molecular weight excluding hydrogens is 279 g/mol. The summed E-state index contributed by atoms with van der Waals surface area (Å²) in [7, 11) is 1.74. The third kappa shape index (κ3) is 2.73. The van der Waals surface area contributed by atoms with Crippen molar-refractivity contribution in [2.45, 2.75) is 13.8 Å². The van der Waals surface area contributed by atoms with E-state index in [-0.39, 0.29) is 5.56 Å². The molecule has 21 heavy (non-hydrogen) atoms. The van der Waals surface area contributed by atoms with Crippen LogP contribution in [0.4, 0.5) is 15.8 Å². The summed E-state index contributed by atoms with van der Waals surface area (Å²) in [6, 6.07) is 3.00. The number of aryl methyl sites for hydroxylation is 2. The molecule has 7 nitrogen and oxygen atoms in total. The number of nitro groups is 1. The fraction of sp³-hybridized carbons (Fsp3) is 0.231. The lowest BCUT2D eigenvalue weighted by atomic mass is 10.1. The molecule has 0 aliphatic heterocycles. The van der Waals surface area contributed by atoms with Crippen molar-refractivity contribution in [1.29, 1.82) is 0 Å². The Labute approximate surface area is 119 Å². The minimum absolute atomic E-state index is 0.00533. The van der Waals surface area contributed by atoms with E-state index in [4.69, 9.17) is 0 Å². The van der Waals surface area contributed by atoms with Crippen LogP contribution < -0.4 is 5.32 Å². The Hall–Kier alpha value is -2.77. The van der Waals surface area contributed by atoms with E-state index in [9.17, 15) is 19.3 Å². The number of nitrogens with zero attached hydrogens (tertiary/aromatic N) is 3. The summed E-state index contributed by atoms with van der Waals surface area (Å²) in [5.41, 5.74) is 1.18. The van der Waals surface area contributed by atoms with Gasteiger partial charge in [-0.25, -0.2) is 0 Å². The third-order valence-electron chi connectivity index (χ3n) is 3.15. The Bertz CT molecular complexity index is 739. The number of nitro benzene ring substituents is 1. The number of benzene rings is 1. The first-order chi connectivity index (χ1) is 9.81. The zero-order valence-corrected chi connectivity index (χ0v) is 11.7. The summed E-state index contributed by atoms with van der Waals surface area (Å²) in [4.78, 5) is 21.9. The average Bonchev–Trinajstić information content (AvgIpc) is 2.65. The summed E-state index contributed by atoms with van der Waals surface area (Å²) >= 11 is 0. The molecule has 110 valence electrons. The predicted molar refractivity (Wildman–Crippen MR) is 73.7 cm³/mol. The van der Waals surface area contributed by atoms with Crippen LogP contribution in [0, 0.1) is 29.8 Å². The lowest BCUT2D eigenvalue weighted by Gasteiger charge is -2.06. The molecule has 0 unspecified atom stereocenters. The minimum atomic E-state index is -0.981. The van der Waals surface area contributed by atoms with Gasteiger partial charge in [0.2, 0.25) is 5.82 Å². The lowest BCUT2D eigenvalue weighted by Crippen LogP contribution is -2.13. The zero-order valence-electron chi connectivity index (χ0n) is 11.7. The van der Waals surface area contributed by atoms with Gasteiger partial charge >= 0.3 is 5.69 Å². The van der Waals surface area contributed by atoms with Crippen molar-refractivity contribution in [1.82, 2.24) is 9.78 Å². The number of amides is 1. The van der Waals surface area contributed by atoms with E-state index in [1.165, 1.54) is 6.07 Å². The van der Waals surface area contributed by atoms with E-state index < -0.39 is 22.3 Å². The van der Waals surface area contributed by atoms with Crippen LogP contribution in [0.3, 0.4) is 0 Å². The summed E-state index contributed by atoms with van der Waals surface area (Å²) in [6.07, 6.45) is 0. The maximum absolute atomic E-state index is 13.3. The highest BCUT2D eigenvalue weighted by atomic mass is 19.1. The molecule has 0 saturated carbocycles. The van der Waals surface area contributed by atoms with Crippen LogP contribution in [0.1, 0.15) is 21.7 Å². The highest BCUT2D eigenvalue weighted by Crippen LogP contribution is 2.22. The standard InChI is InChI=1S/C13H13FN4O3/c1-7-12(8(2)17(3)16-7)15-13(19)9-4-5-10(14)11(6-9)18(20)21/h4-6H,1-3H3,(H,15,19). The summed E-state index contributed by atoms with van der Waals surface area (Å²) in [5, 5.41) is 17.5. The Balaban J connectivity index is 2.33. The molecule has 1 amide bonds.